The normalized spacial score (nSPS) is 17.3. The molecule has 0 saturated carbocycles. The fourth-order valence-corrected chi connectivity index (χ4v) is 4.34. The van der Waals surface area contributed by atoms with Gasteiger partial charge in [-0.05, 0) is 55.9 Å². The maximum absolute atomic E-state index is 12.7. The van der Waals surface area contributed by atoms with E-state index in [1.54, 1.807) is 0 Å². The van der Waals surface area contributed by atoms with E-state index in [9.17, 15) is 18.0 Å². The van der Waals surface area contributed by atoms with Crippen LogP contribution in [0.25, 0.3) is 0 Å². The summed E-state index contributed by atoms with van der Waals surface area (Å²) >= 11 is 0. The van der Waals surface area contributed by atoms with Gasteiger partial charge in [0.25, 0.3) is 5.91 Å². The second-order valence-electron chi connectivity index (χ2n) is 7.80. The predicted octanol–water partition coefficient (Wildman–Crippen LogP) is 2.42. The second-order valence-corrected chi connectivity index (χ2v) is 9.74. The number of esters is 1. The lowest BCUT2D eigenvalue weighted by Gasteiger charge is -2.29. The highest BCUT2D eigenvalue weighted by Crippen LogP contribution is 2.23. The van der Waals surface area contributed by atoms with E-state index < -0.39 is 22.1 Å². The maximum atomic E-state index is 12.7. The van der Waals surface area contributed by atoms with Gasteiger partial charge in [-0.1, -0.05) is 20.8 Å². The Labute approximate surface area is 167 Å². The number of piperidine rings is 1. The number of sulfonamides is 1. The van der Waals surface area contributed by atoms with Crippen molar-refractivity contribution in [3.63, 3.8) is 0 Å². The fourth-order valence-electron chi connectivity index (χ4n) is 2.87. The molecule has 0 bridgehead atoms. The van der Waals surface area contributed by atoms with Crippen molar-refractivity contribution >= 4 is 21.9 Å². The molecule has 1 unspecified atom stereocenters. The Balaban J connectivity index is 1.99. The monoisotopic (exact) mass is 410 g/mol. The summed E-state index contributed by atoms with van der Waals surface area (Å²) in [6.45, 7) is 9.08. The summed E-state index contributed by atoms with van der Waals surface area (Å²) in [7, 11) is -3.56. The first-order valence-electron chi connectivity index (χ1n) is 9.70. The second kappa shape index (κ2) is 9.52. The summed E-state index contributed by atoms with van der Waals surface area (Å²) in [6.07, 6.45) is 0.769. The van der Waals surface area contributed by atoms with Crippen LogP contribution in [0.1, 0.15) is 50.9 Å². The van der Waals surface area contributed by atoms with Gasteiger partial charge in [0, 0.05) is 19.6 Å². The van der Waals surface area contributed by atoms with Crippen LogP contribution in [0.5, 0.6) is 0 Å². The first kappa shape index (κ1) is 22.4. The highest BCUT2D eigenvalue weighted by Gasteiger charge is 2.28. The van der Waals surface area contributed by atoms with Crippen molar-refractivity contribution in [1.82, 2.24) is 9.62 Å². The molecular formula is C20H30N2O5S. The number of carbonyl (C=O) groups is 2. The zero-order valence-corrected chi connectivity index (χ0v) is 17.8. The van der Waals surface area contributed by atoms with Crippen LogP contribution in [-0.2, 0) is 19.6 Å². The molecule has 0 aromatic heterocycles. The number of hydrogen-bond acceptors (Lipinski definition) is 5. The molecule has 156 valence electrons. The molecule has 8 heteroatoms. The number of hydrogen-bond donors (Lipinski definition) is 1. The molecule has 1 N–H and O–H groups in total. The highest BCUT2D eigenvalue weighted by atomic mass is 32.2. The van der Waals surface area contributed by atoms with E-state index in [-0.39, 0.29) is 16.4 Å². The van der Waals surface area contributed by atoms with Gasteiger partial charge < -0.3 is 10.1 Å². The van der Waals surface area contributed by atoms with Crippen LogP contribution in [0, 0.1) is 11.8 Å². The van der Waals surface area contributed by atoms with Crippen molar-refractivity contribution < 1.29 is 22.7 Å². The summed E-state index contributed by atoms with van der Waals surface area (Å²) in [6, 6.07) is 5.65. The summed E-state index contributed by atoms with van der Waals surface area (Å²) in [5.74, 6) is -0.198. The lowest BCUT2D eigenvalue weighted by Crippen LogP contribution is -2.38. The van der Waals surface area contributed by atoms with Gasteiger partial charge in [-0.25, -0.2) is 13.2 Å². The van der Waals surface area contributed by atoms with Crippen LogP contribution < -0.4 is 5.32 Å². The average Bonchev–Trinajstić information content (AvgIpc) is 2.66. The van der Waals surface area contributed by atoms with Crippen LogP contribution in [0.4, 0.5) is 0 Å². The van der Waals surface area contributed by atoms with Crippen molar-refractivity contribution in [3.05, 3.63) is 29.8 Å². The number of rotatable bonds is 7. The molecule has 1 amide bonds. The smallest absolute Gasteiger partial charge is 0.338 e. The Morgan fingerprint density at radius 3 is 2.25 bits per heavy atom. The van der Waals surface area contributed by atoms with Gasteiger partial charge in [0.15, 0.2) is 6.10 Å². The first-order valence-corrected chi connectivity index (χ1v) is 11.1. The van der Waals surface area contributed by atoms with Crippen molar-refractivity contribution in [1.29, 1.82) is 0 Å². The zero-order chi connectivity index (χ0) is 20.9. The molecule has 1 aromatic carbocycles. The van der Waals surface area contributed by atoms with Gasteiger partial charge in [0.1, 0.15) is 0 Å². The van der Waals surface area contributed by atoms with Gasteiger partial charge in [0.05, 0.1) is 10.5 Å². The molecular weight excluding hydrogens is 380 g/mol. The number of benzene rings is 1. The minimum Gasteiger partial charge on any atom is -0.449 e. The van der Waals surface area contributed by atoms with E-state index in [1.165, 1.54) is 35.5 Å². The quantitative estimate of drug-likeness (QED) is 0.697. The van der Waals surface area contributed by atoms with Gasteiger partial charge in [-0.3, -0.25) is 4.79 Å². The molecule has 2 rings (SSSR count). The minimum absolute atomic E-state index is 0.154. The summed E-state index contributed by atoms with van der Waals surface area (Å²) in [5.41, 5.74) is 0.203. The lowest BCUT2D eigenvalue weighted by molar-refractivity contribution is -0.129. The molecule has 1 atom stereocenters. The van der Waals surface area contributed by atoms with Crippen LogP contribution in [0.3, 0.4) is 0 Å². The Morgan fingerprint density at radius 1 is 1.14 bits per heavy atom. The number of nitrogens with zero attached hydrogens (tertiary/aromatic N) is 1. The lowest BCUT2D eigenvalue weighted by atomic mass is 10.0. The van der Waals surface area contributed by atoms with E-state index in [0.29, 0.717) is 31.5 Å². The number of carbonyl (C=O) groups excluding carboxylic acids is 2. The van der Waals surface area contributed by atoms with E-state index >= 15 is 0 Å². The maximum Gasteiger partial charge on any atom is 0.338 e. The summed E-state index contributed by atoms with van der Waals surface area (Å²) < 4.78 is 32.1. The van der Waals surface area contributed by atoms with Gasteiger partial charge in [0.2, 0.25) is 10.0 Å². The Hall–Kier alpha value is -1.93. The average molecular weight is 411 g/mol. The van der Waals surface area contributed by atoms with E-state index in [0.717, 1.165) is 12.8 Å². The molecule has 7 nitrogen and oxygen atoms in total. The van der Waals surface area contributed by atoms with Gasteiger partial charge in [-0.15, -0.1) is 0 Å². The number of amides is 1. The molecule has 28 heavy (non-hydrogen) atoms. The largest absolute Gasteiger partial charge is 0.449 e. The fraction of sp³-hybridized carbons (Fsp3) is 0.600. The van der Waals surface area contributed by atoms with Crippen LogP contribution >= 0.6 is 0 Å². The van der Waals surface area contributed by atoms with Crippen LogP contribution in [0.15, 0.2) is 29.2 Å². The van der Waals surface area contributed by atoms with Crippen LogP contribution in [0.2, 0.25) is 0 Å². The predicted molar refractivity (Wildman–Crippen MR) is 106 cm³/mol. The Morgan fingerprint density at radius 2 is 1.71 bits per heavy atom. The molecule has 1 heterocycles. The minimum atomic E-state index is -3.56. The molecule has 0 radical (unpaired) electrons. The SMILES string of the molecule is CC(C)CNC(=O)C(C)OC(=O)c1ccc(S(=O)(=O)N2CCC(C)CC2)cc1. The third-order valence-corrected chi connectivity index (χ3v) is 6.72. The summed E-state index contributed by atoms with van der Waals surface area (Å²) in [4.78, 5) is 24.3. The van der Waals surface area contributed by atoms with Gasteiger partial charge >= 0.3 is 5.97 Å². The Kier molecular flexibility index (Phi) is 7.60. The number of nitrogens with one attached hydrogen (secondary N) is 1. The standard InChI is InChI=1S/C20H30N2O5S/c1-14(2)13-21-19(23)16(4)27-20(24)17-5-7-18(8-6-17)28(25,26)22-11-9-15(3)10-12-22/h5-8,14-16H,9-13H2,1-4H3,(H,21,23). The van der Waals surface area contributed by atoms with Crippen LogP contribution in [-0.4, -0.2) is 50.3 Å². The van der Waals surface area contributed by atoms with E-state index in [4.69, 9.17) is 4.74 Å². The van der Waals surface area contributed by atoms with Crippen molar-refractivity contribution in [2.45, 2.75) is 51.5 Å². The van der Waals surface area contributed by atoms with E-state index in [1.807, 2.05) is 13.8 Å². The molecule has 0 aliphatic carbocycles. The van der Waals surface area contributed by atoms with Gasteiger partial charge in [-0.2, -0.15) is 4.31 Å². The van der Waals surface area contributed by atoms with Crippen molar-refractivity contribution in [3.8, 4) is 0 Å². The Bertz CT molecular complexity index is 781. The molecule has 1 aliphatic rings. The highest BCUT2D eigenvalue weighted by molar-refractivity contribution is 7.89. The third-order valence-electron chi connectivity index (χ3n) is 4.81. The molecule has 1 saturated heterocycles. The van der Waals surface area contributed by atoms with Crippen molar-refractivity contribution in [2.24, 2.45) is 11.8 Å². The molecule has 1 aromatic rings. The van der Waals surface area contributed by atoms with E-state index in [2.05, 4.69) is 12.2 Å². The summed E-state index contributed by atoms with van der Waals surface area (Å²) in [5, 5.41) is 2.71. The molecule has 0 spiro atoms. The zero-order valence-electron chi connectivity index (χ0n) is 17.0. The third kappa shape index (κ3) is 5.78. The van der Waals surface area contributed by atoms with Crippen molar-refractivity contribution in [2.75, 3.05) is 19.6 Å². The molecule has 1 aliphatic heterocycles. The number of ether oxygens (including phenoxy) is 1. The molecule has 1 fully saturated rings. The topological polar surface area (TPSA) is 92.8 Å². The first-order chi connectivity index (χ1) is 13.1.